The molecule has 1 atom stereocenters. The summed E-state index contributed by atoms with van der Waals surface area (Å²) in [5, 5.41) is 9.44. The van der Waals surface area contributed by atoms with Gasteiger partial charge in [0.2, 0.25) is 0 Å². The summed E-state index contributed by atoms with van der Waals surface area (Å²) in [6, 6.07) is 0. The fraction of sp³-hybridized carbons (Fsp3) is 0.864. The normalized spacial score (nSPS) is 13.6. The molecule has 0 rings (SSSR count). The molecule has 0 aliphatic carbocycles. The topological polar surface area (TPSA) is 55.8 Å². The predicted octanol–water partition coefficient (Wildman–Crippen LogP) is 7.26. The predicted molar refractivity (Wildman–Crippen MR) is 116 cm³/mol. The minimum absolute atomic E-state index is 0.239. The first-order chi connectivity index (χ1) is 13.0. The van der Waals surface area contributed by atoms with Gasteiger partial charge in [0.1, 0.15) is 0 Å². The van der Waals surface area contributed by atoms with E-state index in [1.54, 1.807) is 0 Å². The zero-order chi connectivity index (χ0) is 20.5. The average molecular weight is 491 g/mol. The SMILES string of the molecule is CCCCCC(/C=[C](\OC(C)=O)[Sn]([CH2]CCC)([CH2]CCC)[CH2]CCC)OO. The molecule has 5 heteroatoms. The monoisotopic (exact) mass is 492 g/mol. The Balaban J connectivity index is 5.81. The van der Waals surface area contributed by atoms with Gasteiger partial charge < -0.3 is 0 Å². The Morgan fingerprint density at radius 1 is 0.889 bits per heavy atom. The summed E-state index contributed by atoms with van der Waals surface area (Å²) in [5.74, 6) is -0.239. The molecule has 1 unspecified atom stereocenters. The number of carbonyl (C=O) groups excluding carboxylic acids is 1. The molecule has 0 heterocycles. The molecule has 0 saturated carbocycles. The summed E-state index contributed by atoms with van der Waals surface area (Å²) in [6.45, 7) is 10.4. The fourth-order valence-electron chi connectivity index (χ4n) is 3.69. The van der Waals surface area contributed by atoms with E-state index < -0.39 is 18.4 Å². The summed E-state index contributed by atoms with van der Waals surface area (Å²) < 4.78 is 10.5. The third-order valence-electron chi connectivity index (χ3n) is 5.37. The van der Waals surface area contributed by atoms with Gasteiger partial charge in [-0.2, -0.15) is 0 Å². The van der Waals surface area contributed by atoms with Crippen LogP contribution in [0.3, 0.4) is 0 Å². The first-order valence-corrected chi connectivity index (χ1v) is 18.7. The Hall–Kier alpha value is -0.0713. The first-order valence-electron chi connectivity index (χ1n) is 11.2. The molecule has 0 aromatic rings. The van der Waals surface area contributed by atoms with Gasteiger partial charge in [-0.3, -0.25) is 0 Å². The standard InChI is InChI=1S/C10H17O4.3C4H9.Sn/c1-3-4-5-6-10(14-12)7-8-13-9(2)11;3*1-3-4-2;/h7,10,12H,3-6H2,1-2H3;3*1,3-4H2,2H3;. The number of hydrogen-bond donors (Lipinski definition) is 1. The van der Waals surface area contributed by atoms with Crippen molar-refractivity contribution in [1.82, 2.24) is 0 Å². The van der Waals surface area contributed by atoms with Gasteiger partial charge in [-0.1, -0.05) is 0 Å². The molecular formula is C22H44O4Sn. The Labute approximate surface area is 171 Å². The van der Waals surface area contributed by atoms with Crippen molar-refractivity contribution in [3.63, 3.8) is 0 Å². The molecule has 27 heavy (non-hydrogen) atoms. The van der Waals surface area contributed by atoms with Crippen molar-refractivity contribution < 1.29 is 19.7 Å². The third kappa shape index (κ3) is 11.5. The molecule has 0 radical (unpaired) electrons. The molecule has 0 fully saturated rings. The number of hydrogen-bond acceptors (Lipinski definition) is 4. The van der Waals surface area contributed by atoms with Crippen molar-refractivity contribution in [3.8, 4) is 0 Å². The van der Waals surface area contributed by atoms with Crippen LogP contribution < -0.4 is 0 Å². The van der Waals surface area contributed by atoms with Gasteiger partial charge in [0.15, 0.2) is 0 Å². The molecule has 1 N–H and O–H groups in total. The van der Waals surface area contributed by atoms with Gasteiger partial charge in [0, 0.05) is 0 Å². The Bertz CT molecular complexity index is 387. The van der Waals surface area contributed by atoms with Crippen LogP contribution in [0.1, 0.15) is 98.8 Å². The molecule has 0 aromatic heterocycles. The summed E-state index contributed by atoms with van der Waals surface area (Å²) in [6.07, 6.45) is 12.7. The molecule has 0 aliphatic heterocycles. The van der Waals surface area contributed by atoms with Crippen LogP contribution >= 0.6 is 0 Å². The van der Waals surface area contributed by atoms with E-state index in [1.807, 2.05) is 6.08 Å². The van der Waals surface area contributed by atoms with Crippen molar-refractivity contribution >= 4 is 24.3 Å². The van der Waals surface area contributed by atoms with Crippen LogP contribution in [0.2, 0.25) is 13.3 Å². The van der Waals surface area contributed by atoms with Crippen molar-refractivity contribution in [2.75, 3.05) is 0 Å². The number of unbranched alkanes of at least 4 members (excludes halogenated alkanes) is 5. The van der Waals surface area contributed by atoms with Crippen molar-refractivity contribution in [2.24, 2.45) is 0 Å². The second-order valence-corrected chi connectivity index (χ2v) is 20.9. The molecule has 160 valence electrons. The van der Waals surface area contributed by atoms with Gasteiger partial charge in [-0.25, -0.2) is 0 Å². The summed E-state index contributed by atoms with van der Waals surface area (Å²) >= 11 is -2.88. The molecule has 0 aliphatic rings. The summed E-state index contributed by atoms with van der Waals surface area (Å²) in [4.78, 5) is 16.7. The zero-order valence-corrected chi connectivity index (χ0v) is 21.4. The van der Waals surface area contributed by atoms with E-state index in [2.05, 4.69) is 27.7 Å². The van der Waals surface area contributed by atoms with Crippen LogP contribution in [0.5, 0.6) is 0 Å². The van der Waals surface area contributed by atoms with Crippen LogP contribution in [0.4, 0.5) is 0 Å². The fourth-order valence-corrected chi connectivity index (χ4v) is 19.3. The molecule has 0 amide bonds. The van der Waals surface area contributed by atoms with Crippen LogP contribution in [0.25, 0.3) is 0 Å². The van der Waals surface area contributed by atoms with E-state index in [1.165, 1.54) is 58.8 Å². The Kier molecular flexibility index (Phi) is 16.8. The minimum atomic E-state index is -2.88. The van der Waals surface area contributed by atoms with E-state index in [-0.39, 0.29) is 12.1 Å². The van der Waals surface area contributed by atoms with E-state index in [9.17, 15) is 10.1 Å². The molecule has 0 bridgehead atoms. The number of rotatable bonds is 17. The second-order valence-electron chi connectivity index (χ2n) is 7.86. The van der Waals surface area contributed by atoms with Crippen LogP contribution in [0.15, 0.2) is 9.85 Å². The van der Waals surface area contributed by atoms with E-state index in [0.29, 0.717) is 0 Å². The van der Waals surface area contributed by atoms with Crippen molar-refractivity contribution in [3.05, 3.63) is 9.85 Å². The van der Waals surface area contributed by atoms with Crippen LogP contribution in [-0.4, -0.2) is 35.7 Å². The summed E-state index contributed by atoms with van der Waals surface area (Å²) in [7, 11) is 0. The first kappa shape index (κ1) is 26.9. The van der Waals surface area contributed by atoms with Crippen molar-refractivity contribution in [1.29, 1.82) is 0 Å². The van der Waals surface area contributed by atoms with E-state index >= 15 is 0 Å². The van der Waals surface area contributed by atoms with Crippen LogP contribution in [0, 0.1) is 0 Å². The maximum atomic E-state index is 11.9. The number of esters is 1. The van der Waals surface area contributed by atoms with Gasteiger partial charge in [-0.05, 0) is 0 Å². The van der Waals surface area contributed by atoms with Gasteiger partial charge in [-0.15, -0.1) is 0 Å². The van der Waals surface area contributed by atoms with Crippen molar-refractivity contribution in [2.45, 2.75) is 118 Å². The number of ether oxygens (including phenoxy) is 1. The molecular weight excluding hydrogens is 447 g/mol. The molecule has 0 saturated heterocycles. The maximum absolute atomic E-state index is 11.9. The molecule has 4 nitrogen and oxygen atoms in total. The summed E-state index contributed by atoms with van der Waals surface area (Å²) in [5.41, 5.74) is 0. The quantitative estimate of drug-likeness (QED) is 0.0581. The zero-order valence-electron chi connectivity index (χ0n) is 18.5. The molecule has 0 aromatic carbocycles. The third-order valence-corrected chi connectivity index (χ3v) is 20.3. The van der Waals surface area contributed by atoms with Gasteiger partial charge >= 0.3 is 172 Å². The second kappa shape index (κ2) is 16.8. The van der Waals surface area contributed by atoms with E-state index in [0.717, 1.165) is 29.5 Å². The Morgan fingerprint density at radius 3 is 1.74 bits per heavy atom. The Morgan fingerprint density at radius 2 is 1.37 bits per heavy atom. The number of carbonyl (C=O) groups is 1. The molecule has 0 spiro atoms. The van der Waals surface area contributed by atoms with E-state index in [4.69, 9.17) is 9.62 Å². The van der Waals surface area contributed by atoms with Gasteiger partial charge in [0.05, 0.1) is 0 Å². The van der Waals surface area contributed by atoms with Crippen LogP contribution in [-0.2, 0) is 14.4 Å². The van der Waals surface area contributed by atoms with Gasteiger partial charge in [0.25, 0.3) is 0 Å². The average Bonchev–Trinajstić information content (AvgIpc) is 2.66.